The number of aromatic amines is 1. The van der Waals surface area contributed by atoms with E-state index in [0.717, 1.165) is 37.6 Å². The van der Waals surface area contributed by atoms with Crippen LogP contribution in [0, 0.1) is 0 Å². The van der Waals surface area contributed by atoms with Crippen molar-refractivity contribution in [1.82, 2.24) is 40.1 Å². The third kappa shape index (κ3) is 8.05. The average Bonchev–Trinajstić information content (AvgIpc) is 3.51. The molecule has 16 heteroatoms. The van der Waals surface area contributed by atoms with Gasteiger partial charge in [-0.05, 0) is 56.5 Å². The smallest absolute Gasteiger partial charge is 0.420 e. The van der Waals surface area contributed by atoms with E-state index in [-0.39, 0.29) is 36.8 Å². The number of carbonyl (C=O) groups is 2. The first-order valence-electron chi connectivity index (χ1n) is 16.6. The maximum Gasteiger partial charge on any atom is 0.420 e. The van der Waals surface area contributed by atoms with Crippen LogP contribution in [0.4, 0.5) is 18.0 Å². The van der Waals surface area contributed by atoms with E-state index in [2.05, 4.69) is 25.6 Å². The van der Waals surface area contributed by atoms with Gasteiger partial charge in [-0.1, -0.05) is 41.9 Å². The van der Waals surface area contributed by atoms with Crippen molar-refractivity contribution >= 4 is 23.5 Å². The Kier molecular flexibility index (Phi) is 10.5. The predicted molar refractivity (Wildman–Crippen MR) is 176 cm³/mol. The Labute approximate surface area is 286 Å². The lowest BCUT2D eigenvalue weighted by atomic mass is 10.0. The van der Waals surface area contributed by atoms with Crippen LogP contribution in [-0.2, 0) is 17.4 Å². The second-order valence-corrected chi connectivity index (χ2v) is 13.2. The molecular formula is C33H40ClF3N8O4. The van der Waals surface area contributed by atoms with E-state index in [4.69, 9.17) is 11.6 Å². The van der Waals surface area contributed by atoms with Gasteiger partial charge in [-0.25, -0.2) is 14.3 Å². The Morgan fingerprint density at radius 1 is 0.959 bits per heavy atom. The van der Waals surface area contributed by atoms with E-state index < -0.39 is 40.5 Å². The summed E-state index contributed by atoms with van der Waals surface area (Å²) < 4.78 is 42.5. The van der Waals surface area contributed by atoms with Crippen molar-refractivity contribution in [2.45, 2.75) is 56.4 Å². The number of hydrogen-bond acceptors (Lipinski definition) is 7. The topological polar surface area (TPSA) is 139 Å². The van der Waals surface area contributed by atoms with Crippen molar-refractivity contribution < 1.29 is 27.9 Å². The van der Waals surface area contributed by atoms with E-state index in [1.165, 1.54) is 15.6 Å². The summed E-state index contributed by atoms with van der Waals surface area (Å²) in [4.78, 5) is 48.6. The highest BCUT2D eigenvalue weighted by molar-refractivity contribution is 6.32. The average molecular weight is 705 g/mol. The number of amides is 3. The Morgan fingerprint density at radius 2 is 1.63 bits per heavy atom. The Balaban J connectivity index is 1.14. The summed E-state index contributed by atoms with van der Waals surface area (Å²) in [6.45, 7) is 4.60. The minimum absolute atomic E-state index is 0.0490. The molecule has 49 heavy (non-hydrogen) atoms. The third-order valence-corrected chi connectivity index (χ3v) is 9.99. The fraction of sp³-hybridized carbons (Fsp3) is 0.515. The molecule has 1 aromatic heterocycles. The molecule has 6 rings (SSSR count). The molecule has 0 bridgehead atoms. The van der Waals surface area contributed by atoms with Gasteiger partial charge < -0.3 is 25.5 Å². The number of H-pyrrole nitrogens is 1. The SMILES string of the molecule is O=C(N[C@H](Cc1cc(Cl)c(O)c(C(F)(F)F)c1)C(=O)N1CCN(C2CCNCC2)CC1)N1CCC(n2nc(-c3ccccc3)[nH]c2=O)CC1. The summed E-state index contributed by atoms with van der Waals surface area (Å²) in [5.74, 6) is -1.04. The summed E-state index contributed by atoms with van der Waals surface area (Å²) in [6.07, 6.45) is -2.22. The number of hydrogen-bond donors (Lipinski definition) is 4. The zero-order chi connectivity index (χ0) is 34.7. The second kappa shape index (κ2) is 14.8. The van der Waals surface area contributed by atoms with Crippen molar-refractivity contribution in [2.24, 2.45) is 0 Å². The fourth-order valence-electron chi connectivity index (χ4n) is 6.99. The number of nitrogens with zero attached hydrogens (tertiary/aromatic N) is 5. The molecule has 3 aliphatic heterocycles. The minimum Gasteiger partial charge on any atom is -0.506 e. The van der Waals surface area contributed by atoms with Gasteiger partial charge in [-0.15, -0.1) is 5.10 Å². The van der Waals surface area contributed by atoms with Crippen molar-refractivity contribution in [1.29, 1.82) is 0 Å². The highest BCUT2D eigenvalue weighted by atomic mass is 35.5. The largest absolute Gasteiger partial charge is 0.506 e. The minimum atomic E-state index is -4.88. The first kappa shape index (κ1) is 34.8. The molecule has 3 aromatic rings. The van der Waals surface area contributed by atoms with Crippen LogP contribution >= 0.6 is 11.6 Å². The van der Waals surface area contributed by atoms with Crippen LogP contribution in [0.3, 0.4) is 0 Å². The number of likely N-dealkylation sites (tertiary alicyclic amines) is 1. The van der Waals surface area contributed by atoms with Gasteiger partial charge in [0.2, 0.25) is 5.91 Å². The van der Waals surface area contributed by atoms with Gasteiger partial charge in [0, 0.05) is 57.3 Å². The molecule has 0 spiro atoms. The zero-order valence-corrected chi connectivity index (χ0v) is 27.6. The molecule has 264 valence electrons. The molecule has 3 aliphatic rings. The van der Waals surface area contributed by atoms with E-state index in [1.807, 2.05) is 30.3 Å². The standard InChI is InChI=1S/C33H40ClF3N8O4/c34-26-19-21(18-25(28(26)46)33(35,36)37)20-27(30(47)43-16-14-42(15-17-43)23-6-10-38-11-7-23)39-31(48)44-12-8-24(9-13-44)45-32(49)40-29(41-45)22-4-2-1-3-5-22/h1-5,18-19,23-24,27,38,46H,6-17,20H2,(H,39,48)(H,40,41,49)/t27-/m1/s1. The number of nitrogens with one attached hydrogen (secondary N) is 3. The number of rotatable bonds is 7. The fourth-order valence-corrected chi connectivity index (χ4v) is 7.23. The normalized spacial score (nSPS) is 19.2. The lowest BCUT2D eigenvalue weighted by Crippen LogP contribution is -2.59. The first-order valence-corrected chi connectivity index (χ1v) is 17.0. The van der Waals surface area contributed by atoms with E-state index in [0.29, 0.717) is 50.9 Å². The molecule has 0 saturated carbocycles. The molecule has 0 aliphatic carbocycles. The van der Waals surface area contributed by atoms with Gasteiger partial charge in [-0.2, -0.15) is 13.2 Å². The zero-order valence-electron chi connectivity index (χ0n) is 26.9. The second-order valence-electron chi connectivity index (χ2n) is 12.8. The maximum atomic E-state index is 13.9. The van der Waals surface area contributed by atoms with Gasteiger partial charge in [0.05, 0.1) is 16.6 Å². The molecule has 3 saturated heterocycles. The highest BCUT2D eigenvalue weighted by Gasteiger charge is 2.37. The molecule has 3 amide bonds. The van der Waals surface area contributed by atoms with Crippen molar-refractivity contribution in [3.63, 3.8) is 0 Å². The summed E-state index contributed by atoms with van der Waals surface area (Å²) in [7, 11) is 0. The molecule has 4 N–H and O–H groups in total. The van der Waals surface area contributed by atoms with Crippen LogP contribution in [0.15, 0.2) is 47.3 Å². The Hall–Kier alpha value is -4.08. The quantitative estimate of drug-likeness (QED) is 0.296. The number of urea groups is 1. The number of aromatic hydroxyl groups is 1. The number of alkyl halides is 3. The summed E-state index contributed by atoms with van der Waals surface area (Å²) in [5, 5.41) is 20.1. The number of carbonyl (C=O) groups excluding carboxylic acids is 2. The van der Waals surface area contributed by atoms with Crippen LogP contribution < -0.4 is 16.3 Å². The van der Waals surface area contributed by atoms with Crippen LogP contribution in [0.2, 0.25) is 5.02 Å². The van der Waals surface area contributed by atoms with Crippen LogP contribution in [0.5, 0.6) is 5.75 Å². The number of phenolic OH excluding ortho intramolecular Hbond substituents is 1. The molecule has 2 aromatic carbocycles. The molecule has 0 radical (unpaired) electrons. The van der Waals surface area contributed by atoms with Crippen molar-refractivity contribution in [3.05, 3.63) is 69.1 Å². The van der Waals surface area contributed by atoms with Gasteiger partial charge in [-0.3, -0.25) is 14.7 Å². The van der Waals surface area contributed by atoms with Crippen LogP contribution in [0.25, 0.3) is 11.4 Å². The number of aromatic nitrogens is 3. The van der Waals surface area contributed by atoms with Gasteiger partial charge in [0.25, 0.3) is 0 Å². The lowest BCUT2D eigenvalue weighted by Gasteiger charge is -2.42. The number of benzene rings is 2. The molecular weight excluding hydrogens is 665 g/mol. The predicted octanol–water partition coefficient (Wildman–Crippen LogP) is 3.47. The summed E-state index contributed by atoms with van der Waals surface area (Å²) in [6, 6.07) is 9.67. The molecule has 1 atom stereocenters. The van der Waals surface area contributed by atoms with Gasteiger partial charge in [0.1, 0.15) is 11.8 Å². The molecule has 3 fully saturated rings. The first-order chi connectivity index (χ1) is 23.5. The van der Waals surface area contributed by atoms with E-state index in [9.17, 15) is 32.7 Å². The number of piperidine rings is 2. The molecule has 0 unspecified atom stereocenters. The lowest BCUT2D eigenvalue weighted by molar-refractivity contribution is -0.138. The summed E-state index contributed by atoms with van der Waals surface area (Å²) >= 11 is 5.98. The van der Waals surface area contributed by atoms with E-state index in [1.54, 1.807) is 4.90 Å². The number of halogens is 4. The van der Waals surface area contributed by atoms with E-state index >= 15 is 0 Å². The molecule has 12 nitrogen and oxygen atoms in total. The molecule has 4 heterocycles. The number of phenols is 1. The monoisotopic (exact) mass is 704 g/mol. The highest BCUT2D eigenvalue weighted by Crippen LogP contribution is 2.40. The maximum absolute atomic E-state index is 13.9. The van der Waals surface area contributed by atoms with Gasteiger partial charge in [0.15, 0.2) is 5.82 Å². The Morgan fingerprint density at radius 3 is 2.29 bits per heavy atom. The third-order valence-electron chi connectivity index (χ3n) is 9.70. The van der Waals surface area contributed by atoms with Gasteiger partial charge >= 0.3 is 17.9 Å². The number of piperazine rings is 1. The Bertz CT molecular complexity index is 1680. The van der Waals surface area contributed by atoms with Crippen molar-refractivity contribution in [2.75, 3.05) is 52.4 Å². The van der Waals surface area contributed by atoms with Crippen LogP contribution in [-0.4, -0.2) is 111 Å². The summed E-state index contributed by atoms with van der Waals surface area (Å²) in [5.41, 5.74) is -0.837. The van der Waals surface area contributed by atoms with Crippen molar-refractivity contribution in [3.8, 4) is 17.1 Å². The van der Waals surface area contributed by atoms with Crippen LogP contribution in [0.1, 0.15) is 42.9 Å².